The van der Waals surface area contributed by atoms with Gasteiger partial charge in [-0.1, -0.05) is 27.6 Å². The molecule has 7 nitrogen and oxygen atoms in total. The molecule has 2 radical (unpaired) electrons. The van der Waals surface area contributed by atoms with E-state index in [1.165, 1.54) is 12.1 Å². The minimum Gasteiger partial charge on any atom is -0.394 e. The lowest BCUT2D eigenvalue weighted by Gasteiger charge is -2.14. The largest absolute Gasteiger partial charge is 0.394 e. The Bertz CT molecular complexity index is 971. The molecule has 0 spiro atoms. The van der Waals surface area contributed by atoms with Gasteiger partial charge in [0.15, 0.2) is 5.82 Å². The molecule has 0 unspecified atom stereocenters. The van der Waals surface area contributed by atoms with E-state index < -0.39 is 11.7 Å². The van der Waals surface area contributed by atoms with Crippen molar-refractivity contribution in [3.63, 3.8) is 0 Å². The average Bonchev–Trinajstić information content (AvgIpc) is 3.08. The molecule has 0 atom stereocenters. The quantitative estimate of drug-likeness (QED) is 0.335. The molecule has 1 heterocycles. The molecule has 1 aromatic heterocycles. The molecule has 0 aliphatic carbocycles. The fraction of sp³-hybridized carbons (Fsp3) is 0.133. The average molecular weight is 393 g/mol. The van der Waals surface area contributed by atoms with Crippen molar-refractivity contribution < 1.29 is 19.1 Å². The number of hydroxylamine groups is 1. The van der Waals surface area contributed by atoms with Gasteiger partial charge in [0.05, 0.1) is 39.9 Å². The number of carbonyl (C=O) groups is 1. The first-order chi connectivity index (χ1) is 12.5. The highest BCUT2D eigenvalue weighted by atomic mass is 35.5. The molecule has 0 fully saturated rings. The molecule has 0 aliphatic heterocycles. The lowest BCUT2D eigenvalue weighted by molar-refractivity contribution is 0.0169. The van der Waals surface area contributed by atoms with E-state index in [1.54, 1.807) is 12.1 Å². The number of carbonyl (C=O) groups excluding carboxylic acids is 1. The Labute approximate surface area is 157 Å². The number of nitrogens with zero attached hydrogens (tertiary/aromatic N) is 2. The Morgan fingerprint density at radius 3 is 2.96 bits per heavy atom. The maximum Gasteiger partial charge on any atom is 0.277 e. The lowest BCUT2D eigenvalue weighted by atomic mass is 9.96. The molecular formula is C15H11BClFN4O3S. The van der Waals surface area contributed by atoms with Gasteiger partial charge in [-0.2, -0.15) is 0 Å². The van der Waals surface area contributed by atoms with Crippen molar-refractivity contribution >= 4 is 63.9 Å². The number of aliphatic hydroxyl groups excluding tert-OH is 1. The predicted molar refractivity (Wildman–Crippen MR) is 98.0 cm³/mol. The molecule has 11 heteroatoms. The Balaban J connectivity index is 2.04. The molecular weight excluding hydrogens is 382 g/mol. The molecule has 3 aromatic rings. The van der Waals surface area contributed by atoms with Crippen LogP contribution in [0.3, 0.4) is 0 Å². The van der Waals surface area contributed by atoms with Crippen LogP contribution in [0.25, 0.3) is 10.2 Å². The van der Waals surface area contributed by atoms with E-state index in [0.717, 1.165) is 11.5 Å². The first-order valence-corrected chi connectivity index (χ1v) is 8.46. The summed E-state index contributed by atoms with van der Waals surface area (Å²) in [6.07, 6.45) is 0. The minimum absolute atomic E-state index is 0.0249. The molecule has 0 saturated carbocycles. The fourth-order valence-corrected chi connectivity index (χ4v) is 3.00. The second kappa shape index (κ2) is 7.96. The second-order valence-corrected chi connectivity index (χ2v) is 6.29. The van der Waals surface area contributed by atoms with Gasteiger partial charge in [-0.05, 0) is 29.7 Å². The third kappa shape index (κ3) is 3.78. The van der Waals surface area contributed by atoms with Gasteiger partial charge < -0.3 is 10.4 Å². The van der Waals surface area contributed by atoms with E-state index in [4.69, 9.17) is 29.4 Å². The van der Waals surface area contributed by atoms with Gasteiger partial charge >= 0.3 is 0 Å². The SMILES string of the molecule is [B]c1ccc(Nc2c(C(=O)NOCCO)cc3snnc3c2F)c(Cl)c1. The van der Waals surface area contributed by atoms with Crippen molar-refractivity contribution in [2.45, 2.75) is 0 Å². The number of nitrogens with one attached hydrogen (secondary N) is 2. The molecule has 132 valence electrons. The summed E-state index contributed by atoms with van der Waals surface area (Å²) >= 11 is 7.07. The third-order valence-electron chi connectivity index (χ3n) is 3.34. The molecule has 0 bridgehead atoms. The standard InChI is InChI=1S/C15H11BClFN4O3S/c16-7-1-2-10(9(17)5-7)19-13-8(15(24)21-25-4-3-23)6-11-14(12(13)18)20-22-26-11/h1-2,5-6,19,23H,3-4H2,(H,21,24). The summed E-state index contributed by atoms with van der Waals surface area (Å²) < 4.78 is 19.0. The fourth-order valence-electron chi connectivity index (χ4n) is 2.17. The maximum atomic E-state index is 14.9. The number of fused-ring (bicyclic) bond motifs is 1. The van der Waals surface area contributed by atoms with Crippen LogP contribution < -0.4 is 16.3 Å². The highest BCUT2D eigenvalue weighted by molar-refractivity contribution is 7.13. The molecule has 2 aromatic carbocycles. The molecule has 0 saturated heterocycles. The van der Waals surface area contributed by atoms with Crippen LogP contribution in [0.5, 0.6) is 0 Å². The Kier molecular flexibility index (Phi) is 5.67. The zero-order chi connectivity index (χ0) is 18.7. The number of amides is 1. The number of halogens is 2. The van der Waals surface area contributed by atoms with Gasteiger partial charge in [-0.25, -0.2) is 9.87 Å². The van der Waals surface area contributed by atoms with Crippen LogP contribution in [0.15, 0.2) is 24.3 Å². The minimum atomic E-state index is -0.753. The van der Waals surface area contributed by atoms with Crippen molar-refractivity contribution in [2.24, 2.45) is 0 Å². The molecule has 3 rings (SSSR count). The maximum absolute atomic E-state index is 14.9. The summed E-state index contributed by atoms with van der Waals surface area (Å²) in [4.78, 5) is 17.2. The number of aliphatic hydroxyl groups is 1. The van der Waals surface area contributed by atoms with E-state index in [9.17, 15) is 9.18 Å². The van der Waals surface area contributed by atoms with E-state index in [1.807, 2.05) is 0 Å². The summed E-state index contributed by atoms with van der Waals surface area (Å²) in [5, 5.41) is 15.5. The topological polar surface area (TPSA) is 96.4 Å². The van der Waals surface area contributed by atoms with Crippen LogP contribution in [0.1, 0.15) is 10.4 Å². The van der Waals surface area contributed by atoms with Crippen LogP contribution in [0.2, 0.25) is 5.02 Å². The number of aromatic nitrogens is 2. The second-order valence-electron chi connectivity index (χ2n) is 5.10. The van der Waals surface area contributed by atoms with E-state index in [2.05, 4.69) is 20.4 Å². The van der Waals surface area contributed by atoms with Gasteiger partial charge in [0.1, 0.15) is 13.4 Å². The Morgan fingerprint density at radius 1 is 1.42 bits per heavy atom. The van der Waals surface area contributed by atoms with Gasteiger partial charge in [-0.15, -0.1) is 5.10 Å². The van der Waals surface area contributed by atoms with Gasteiger partial charge in [0, 0.05) is 0 Å². The van der Waals surface area contributed by atoms with Crippen molar-refractivity contribution in [1.82, 2.24) is 15.1 Å². The number of hydrogen-bond acceptors (Lipinski definition) is 7. The molecule has 0 aliphatic rings. The van der Waals surface area contributed by atoms with Crippen LogP contribution in [-0.4, -0.2) is 41.7 Å². The van der Waals surface area contributed by atoms with Crippen molar-refractivity contribution in [3.8, 4) is 0 Å². The number of anilines is 2. The van der Waals surface area contributed by atoms with Gasteiger partial charge in [-0.3, -0.25) is 9.63 Å². The normalized spacial score (nSPS) is 10.9. The zero-order valence-electron chi connectivity index (χ0n) is 13.1. The van der Waals surface area contributed by atoms with Gasteiger partial charge in [0.25, 0.3) is 5.91 Å². The van der Waals surface area contributed by atoms with Crippen molar-refractivity contribution in [2.75, 3.05) is 18.5 Å². The Hall–Kier alpha value is -2.27. The van der Waals surface area contributed by atoms with E-state index >= 15 is 0 Å². The summed E-state index contributed by atoms with van der Waals surface area (Å²) in [7, 11) is 5.65. The third-order valence-corrected chi connectivity index (χ3v) is 4.33. The number of rotatable bonds is 6. The number of benzene rings is 2. The molecule has 3 N–H and O–H groups in total. The summed E-state index contributed by atoms with van der Waals surface area (Å²) in [5.41, 5.74) is 2.79. The molecule has 26 heavy (non-hydrogen) atoms. The number of hydrogen-bond donors (Lipinski definition) is 3. The van der Waals surface area contributed by atoms with E-state index in [-0.39, 0.29) is 35.0 Å². The molecule has 1 amide bonds. The summed E-state index contributed by atoms with van der Waals surface area (Å²) in [6, 6.07) is 6.08. The highest BCUT2D eigenvalue weighted by Gasteiger charge is 2.22. The summed E-state index contributed by atoms with van der Waals surface area (Å²) in [6.45, 7) is -0.385. The van der Waals surface area contributed by atoms with Crippen molar-refractivity contribution in [3.05, 3.63) is 40.7 Å². The highest BCUT2D eigenvalue weighted by Crippen LogP contribution is 2.33. The monoisotopic (exact) mass is 392 g/mol. The summed E-state index contributed by atoms with van der Waals surface area (Å²) in [5.74, 6) is -1.46. The van der Waals surface area contributed by atoms with Crippen LogP contribution >= 0.6 is 23.1 Å². The lowest BCUT2D eigenvalue weighted by Crippen LogP contribution is -2.26. The van der Waals surface area contributed by atoms with E-state index in [0.29, 0.717) is 15.9 Å². The first-order valence-electron chi connectivity index (χ1n) is 7.31. The Morgan fingerprint density at radius 2 is 2.23 bits per heavy atom. The van der Waals surface area contributed by atoms with Crippen molar-refractivity contribution in [1.29, 1.82) is 0 Å². The van der Waals surface area contributed by atoms with Crippen LogP contribution in [0, 0.1) is 5.82 Å². The van der Waals surface area contributed by atoms with Crippen LogP contribution in [-0.2, 0) is 4.84 Å². The zero-order valence-corrected chi connectivity index (χ0v) is 14.7. The van der Waals surface area contributed by atoms with Crippen LogP contribution in [0.4, 0.5) is 15.8 Å². The van der Waals surface area contributed by atoms with Gasteiger partial charge in [0.2, 0.25) is 0 Å². The predicted octanol–water partition coefficient (Wildman–Crippen LogP) is 1.67. The first kappa shape index (κ1) is 18.5. The smallest absolute Gasteiger partial charge is 0.277 e.